The highest BCUT2D eigenvalue weighted by atomic mass is 16.5. The Kier molecular flexibility index (Phi) is 3.10. The maximum Gasteiger partial charge on any atom is 0.282 e. The molecule has 5 nitrogen and oxygen atoms in total. The molecule has 0 saturated carbocycles. The van der Waals surface area contributed by atoms with Gasteiger partial charge >= 0.3 is 0 Å². The maximum absolute atomic E-state index is 12.5. The number of nitrogens with zero attached hydrogens (tertiary/aromatic N) is 2. The standard InChI is InChI=1S/C16H14N2O3/c1-10-12-5-4-8-17-15(12)16(19)18(10)11-6-7-13(20-2)14(9-11)21-3/h4-9H,1H2,2-3H3. The number of carbonyl (C=O) groups excluding carboxylic acids is 1. The van der Waals surface area contributed by atoms with Crippen LogP contribution in [0.2, 0.25) is 0 Å². The van der Waals surface area contributed by atoms with Crippen LogP contribution in [0, 0.1) is 0 Å². The van der Waals surface area contributed by atoms with Gasteiger partial charge in [0.15, 0.2) is 11.5 Å². The summed E-state index contributed by atoms with van der Waals surface area (Å²) in [5.41, 5.74) is 2.44. The lowest BCUT2D eigenvalue weighted by Gasteiger charge is -2.19. The highest BCUT2D eigenvalue weighted by Crippen LogP contribution is 2.38. The van der Waals surface area contributed by atoms with Gasteiger partial charge < -0.3 is 9.47 Å². The van der Waals surface area contributed by atoms with E-state index < -0.39 is 0 Å². The van der Waals surface area contributed by atoms with Crippen LogP contribution in [0.5, 0.6) is 11.5 Å². The van der Waals surface area contributed by atoms with E-state index in [0.29, 0.717) is 28.6 Å². The van der Waals surface area contributed by atoms with Crippen LogP contribution in [0.25, 0.3) is 5.70 Å². The second-order valence-corrected chi connectivity index (χ2v) is 4.53. The quantitative estimate of drug-likeness (QED) is 0.868. The van der Waals surface area contributed by atoms with E-state index >= 15 is 0 Å². The number of aromatic nitrogens is 1. The van der Waals surface area contributed by atoms with E-state index in [1.807, 2.05) is 6.07 Å². The zero-order valence-corrected chi connectivity index (χ0v) is 11.8. The summed E-state index contributed by atoms with van der Waals surface area (Å²) in [6.45, 7) is 3.99. The summed E-state index contributed by atoms with van der Waals surface area (Å²) in [5.74, 6) is 0.969. The molecule has 0 bridgehead atoms. The summed E-state index contributed by atoms with van der Waals surface area (Å²) in [6.07, 6.45) is 1.60. The van der Waals surface area contributed by atoms with Crippen LogP contribution in [-0.4, -0.2) is 25.1 Å². The molecule has 0 fully saturated rings. The molecule has 0 spiro atoms. The van der Waals surface area contributed by atoms with Gasteiger partial charge in [-0.15, -0.1) is 0 Å². The smallest absolute Gasteiger partial charge is 0.282 e. The van der Waals surface area contributed by atoms with Gasteiger partial charge in [0.05, 0.1) is 25.6 Å². The molecule has 3 rings (SSSR count). The molecule has 1 aliphatic heterocycles. The van der Waals surface area contributed by atoms with Crippen molar-refractivity contribution in [2.45, 2.75) is 0 Å². The number of hydrogen-bond donors (Lipinski definition) is 0. The molecule has 2 heterocycles. The number of pyridine rings is 1. The Balaban J connectivity index is 2.07. The molecule has 0 saturated heterocycles. The third-order valence-electron chi connectivity index (χ3n) is 3.42. The van der Waals surface area contributed by atoms with Gasteiger partial charge in [0.1, 0.15) is 5.69 Å². The number of methoxy groups -OCH3 is 2. The molecule has 1 amide bonds. The van der Waals surface area contributed by atoms with Crippen molar-refractivity contribution in [1.82, 2.24) is 4.98 Å². The second-order valence-electron chi connectivity index (χ2n) is 4.53. The Morgan fingerprint density at radius 2 is 1.90 bits per heavy atom. The fourth-order valence-electron chi connectivity index (χ4n) is 2.39. The van der Waals surface area contributed by atoms with Gasteiger partial charge in [-0.25, -0.2) is 0 Å². The molecule has 21 heavy (non-hydrogen) atoms. The van der Waals surface area contributed by atoms with Crippen LogP contribution in [0.15, 0.2) is 43.1 Å². The Hall–Kier alpha value is -2.82. The molecular weight excluding hydrogens is 268 g/mol. The summed E-state index contributed by atoms with van der Waals surface area (Å²) in [7, 11) is 3.12. The molecule has 0 N–H and O–H groups in total. The minimum absolute atomic E-state index is 0.192. The summed E-state index contributed by atoms with van der Waals surface area (Å²) in [5, 5.41) is 0. The Labute approximate surface area is 122 Å². The van der Waals surface area contributed by atoms with Crippen molar-refractivity contribution in [3.8, 4) is 11.5 Å². The van der Waals surface area contributed by atoms with Crippen LogP contribution in [0.3, 0.4) is 0 Å². The van der Waals surface area contributed by atoms with Crippen molar-refractivity contribution in [3.63, 3.8) is 0 Å². The molecule has 0 aliphatic carbocycles. The molecule has 1 aromatic carbocycles. The predicted molar refractivity (Wildman–Crippen MR) is 79.6 cm³/mol. The third-order valence-corrected chi connectivity index (χ3v) is 3.42. The summed E-state index contributed by atoms with van der Waals surface area (Å²) in [4.78, 5) is 18.2. The lowest BCUT2D eigenvalue weighted by Crippen LogP contribution is -2.22. The van der Waals surface area contributed by atoms with E-state index in [1.165, 1.54) is 4.90 Å². The fourth-order valence-corrected chi connectivity index (χ4v) is 2.39. The van der Waals surface area contributed by atoms with Crippen LogP contribution < -0.4 is 14.4 Å². The summed E-state index contributed by atoms with van der Waals surface area (Å²) >= 11 is 0. The van der Waals surface area contributed by atoms with Crippen LogP contribution in [-0.2, 0) is 0 Å². The van der Waals surface area contributed by atoms with Crippen LogP contribution in [0.1, 0.15) is 16.1 Å². The van der Waals surface area contributed by atoms with Crippen molar-refractivity contribution in [2.75, 3.05) is 19.1 Å². The first kappa shape index (κ1) is 13.2. The van der Waals surface area contributed by atoms with Gasteiger partial charge in [-0.1, -0.05) is 6.58 Å². The number of ether oxygens (including phenoxy) is 2. The number of amides is 1. The molecular formula is C16H14N2O3. The first-order chi connectivity index (χ1) is 10.2. The Morgan fingerprint density at radius 1 is 1.14 bits per heavy atom. The molecule has 0 atom stereocenters. The third kappa shape index (κ3) is 1.94. The maximum atomic E-state index is 12.5. The Morgan fingerprint density at radius 3 is 2.57 bits per heavy atom. The monoisotopic (exact) mass is 282 g/mol. The average Bonchev–Trinajstić information content (AvgIpc) is 2.78. The molecule has 2 aromatic rings. The average molecular weight is 282 g/mol. The zero-order chi connectivity index (χ0) is 15.0. The largest absolute Gasteiger partial charge is 0.493 e. The molecule has 1 aliphatic rings. The number of fused-ring (bicyclic) bond motifs is 1. The van der Waals surface area contributed by atoms with Crippen molar-refractivity contribution < 1.29 is 14.3 Å². The van der Waals surface area contributed by atoms with E-state index in [0.717, 1.165) is 5.56 Å². The van der Waals surface area contributed by atoms with Gasteiger partial charge in [-0.05, 0) is 24.3 Å². The number of carbonyl (C=O) groups is 1. The van der Waals surface area contributed by atoms with Gasteiger partial charge in [0.2, 0.25) is 0 Å². The topological polar surface area (TPSA) is 51.7 Å². The molecule has 0 unspecified atom stereocenters. The van der Waals surface area contributed by atoms with Gasteiger partial charge in [-0.2, -0.15) is 0 Å². The van der Waals surface area contributed by atoms with E-state index in [2.05, 4.69) is 11.6 Å². The summed E-state index contributed by atoms with van der Waals surface area (Å²) < 4.78 is 10.5. The van der Waals surface area contributed by atoms with Gasteiger partial charge in [0, 0.05) is 17.8 Å². The molecule has 1 aromatic heterocycles. The molecule has 5 heteroatoms. The van der Waals surface area contributed by atoms with Gasteiger partial charge in [-0.3, -0.25) is 14.7 Å². The van der Waals surface area contributed by atoms with Crippen molar-refractivity contribution in [3.05, 3.63) is 54.4 Å². The lowest BCUT2D eigenvalue weighted by molar-refractivity contribution is 0.100. The fraction of sp³-hybridized carbons (Fsp3) is 0.125. The van der Waals surface area contributed by atoms with Crippen LogP contribution in [0.4, 0.5) is 5.69 Å². The number of hydrogen-bond acceptors (Lipinski definition) is 4. The predicted octanol–water partition coefficient (Wildman–Crippen LogP) is 2.73. The first-order valence-corrected chi connectivity index (χ1v) is 6.38. The Bertz CT molecular complexity index is 705. The van der Waals surface area contributed by atoms with Gasteiger partial charge in [0.25, 0.3) is 5.91 Å². The first-order valence-electron chi connectivity index (χ1n) is 6.38. The lowest BCUT2D eigenvalue weighted by atomic mass is 10.2. The van der Waals surface area contributed by atoms with Crippen molar-refractivity contribution >= 4 is 17.3 Å². The summed E-state index contributed by atoms with van der Waals surface area (Å²) in [6, 6.07) is 8.91. The van der Waals surface area contributed by atoms with Crippen molar-refractivity contribution in [2.24, 2.45) is 0 Å². The zero-order valence-electron chi connectivity index (χ0n) is 11.8. The SMILES string of the molecule is C=C1c2cccnc2C(=O)N1c1ccc(OC)c(OC)c1. The van der Waals surface area contributed by atoms with E-state index in [-0.39, 0.29) is 5.91 Å². The van der Waals surface area contributed by atoms with E-state index in [4.69, 9.17) is 9.47 Å². The number of benzene rings is 1. The minimum atomic E-state index is -0.192. The van der Waals surface area contributed by atoms with E-state index in [9.17, 15) is 4.79 Å². The molecule has 0 radical (unpaired) electrons. The molecule has 106 valence electrons. The number of rotatable bonds is 3. The van der Waals surface area contributed by atoms with Crippen LogP contribution >= 0.6 is 0 Å². The number of anilines is 1. The minimum Gasteiger partial charge on any atom is -0.493 e. The highest BCUT2D eigenvalue weighted by Gasteiger charge is 2.33. The normalized spacial score (nSPS) is 13.3. The second kappa shape index (κ2) is 4.94. The highest BCUT2D eigenvalue weighted by molar-refractivity contribution is 6.21. The van der Waals surface area contributed by atoms with E-state index in [1.54, 1.807) is 44.7 Å². The van der Waals surface area contributed by atoms with Crippen molar-refractivity contribution in [1.29, 1.82) is 0 Å².